The summed E-state index contributed by atoms with van der Waals surface area (Å²) in [6.07, 6.45) is 4.00. The quantitative estimate of drug-likeness (QED) is 0.409. The lowest BCUT2D eigenvalue weighted by Crippen LogP contribution is -2.54. The minimum Gasteiger partial charge on any atom is -0.372 e. The molecule has 2 fully saturated rings. The van der Waals surface area contributed by atoms with Crippen molar-refractivity contribution in [1.82, 2.24) is 5.32 Å². The third kappa shape index (κ3) is 3.95. The summed E-state index contributed by atoms with van der Waals surface area (Å²) in [7, 11) is 0. The van der Waals surface area contributed by atoms with E-state index >= 15 is 0 Å². The van der Waals surface area contributed by atoms with Gasteiger partial charge in [-0.3, -0.25) is 19.8 Å². The Labute approximate surface area is 190 Å². The van der Waals surface area contributed by atoms with Crippen LogP contribution >= 0.6 is 35.4 Å². The minimum absolute atomic E-state index is 0.00152. The average Bonchev–Trinajstić information content (AvgIpc) is 3.23. The van der Waals surface area contributed by atoms with Crippen LogP contribution in [0.3, 0.4) is 0 Å². The average molecular weight is 460 g/mol. The number of nitrogens with one attached hydrogen (secondary N) is 1. The molecule has 2 amide bonds. The van der Waals surface area contributed by atoms with Crippen molar-refractivity contribution in [2.45, 2.75) is 19.8 Å². The monoisotopic (exact) mass is 459 g/mol. The maximum atomic E-state index is 13.2. The van der Waals surface area contributed by atoms with Crippen molar-refractivity contribution < 1.29 is 9.59 Å². The largest absolute Gasteiger partial charge is 0.372 e. The molecule has 154 valence electrons. The second-order valence-electron chi connectivity index (χ2n) is 7.29. The summed E-state index contributed by atoms with van der Waals surface area (Å²) < 4.78 is 0. The molecule has 0 aromatic heterocycles. The Bertz CT molecular complexity index is 1090. The number of halogens is 2. The van der Waals surface area contributed by atoms with E-state index in [1.54, 1.807) is 24.3 Å². The van der Waals surface area contributed by atoms with Gasteiger partial charge < -0.3 is 4.90 Å². The Morgan fingerprint density at radius 2 is 1.70 bits per heavy atom. The normalized spacial score (nSPS) is 18.4. The van der Waals surface area contributed by atoms with Crippen LogP contribution in [-0.2, 0) is 9.59 Å². The molecule has 8 heteroatoms. The molecule has 0 spiro atoms. The molecule has 5 nitrogen and oxygen atoms in total. The number of amides is 2. The number of rotatable bonds is 3. The van der Waals surface area contributed by atoms with Crippen molar-refractivity contribution in [3.05, 3.63) is 63.1 Å². The zero-order valence-electron chi connectivity index (χ0n) is 16.2. The lowest BCUT2D eigenvalue weighted by Gasteiger charge is -2.29. The van der Waals surface area contributed by atoms with E-state index in [9.17, 15) is 9.59 Å². The minimum atomic E-state index is -0.524. The molecule has 2 aliphatic rings. The van der Waals surface area contributed by atoms with Crippen LogP contribution in [0.1, 0.15) is 24.0 Å². The number of hydrogen-bond donors (Lipinski definition) is 1. The van der Waals surface area contributed by atoms with Gasteiger partial charge in [0, 0.05) is 18.8 Å². The summed E-state index contributed by atoms with van der Waals surface area (Å²) in [5.74, 6) is -1.03. The zero-order chi connectivity index (χ0) is 21.4. The van der Waals surface area contributed by atoms with E-state index in [1.807, 2.05) is 19.1 Å². The summed E-state index contributed by atoms with van der Waals surface area (Å²) in [5.41, 5.74) is 3.39. The molecular formula is C22H19Cl2N3O2S. The van der Waals surface area contributed by atoms with Gasteiger partial charge in [-0.2, -0.15) is 0 Å². The van der Waals surface area contributed by atoms with Gasteiger partial charge in [0.25, 0.3) is 11.8 Å². The summed E-state index contributed by atoms with van der Waals surface area (Å²) >= 11 is 17.3. The van der Waals surface area contributed by atoms with Crippen LogP contribution in [-0.4, -0.2) is 30.0 Å². The van der Waals surface area contributed by atoms with Gasteiger partial charge >= 0.3 is 0 Å². The van der Waals surface area contributed by atoms with Gasteiger partial charge in [0.15, 0.2) is 5.11 Å². The van der Waals surface area contributed by atoms with Gasteiger partial charge in [-0.15, -0.1) is 0 Å². The maximum Gasteiger partial charge on any atom is 0.270 e. The van der Waals surface area contributed by atoms with Crippen LogP contribution in [0.2, 0.25) is 10.0 Å². The van der Waals surface area contributed by atoms with E-state index in [1.165, 1.54) is 17.7 Å². The third-order valence-electron chi connectivity index (χ3n) is 5.29. The fraction of sp³-hybridized carbons (Fsp3) is 0.227. The standard InChI is InChI=1S/C22H19Cl2N3O2S/c1-13-10-15(26-8-2-3-9-26)5-4-14(13)11-17-20(28)25-22(30)27(21(17)29)16-6-7-18(23)19(24)12-16/h4-7,10-12H,2-3,8-9H2,1H3,(H,25,28,30)/b17-11+. The van der Waals surface area contributed by atoms with Crippen LogP contribution in [0.25, 0.3) is 6.08 Å². The first kappa shape index (κ1) is 20.8. The number of benzene rings is 2. The first-order chi connectivity index (χ1) is 14.3. The molecule has 0 aliphatic carbocycles. The molecule has 2 aliphatic heterocycles. The molecule has 2 aromatic rings. The molecule has 1 N–H and O–H groups in total. The summed E-state index contributed by atoms with van der Waals surface area (Å²) in [5, 5.41) is 3.24. The molecule has 0 unspecified atom stereocenters. The molecule has 0 bridgehead atoms. The number of aryl methyl sites for hydroxylation is 1. The number of thiocarbonyl (C=S) groups is 1. The molecule has 0 atom stereocenters. The highest BCUT2D eigenvalue weighted by molar-refractivity contribution is 7.80. The van der Waals surface area contributed by atoms with Crippen molar-refractivity contribution >= 4 is 69.8 Å². The van der Waals surface area contributed by atoms with Crippen molar-refractivity contribution in [1.29, 1.82) is 0 Å². The van der Waals surface area contributed by atoms with Crippen molar-refractivity contribution in [3.8, 4) is 0 Å². The summed E-state index contributed by atoms with van der Waals surface area (Å²) in [6, 6.07) is 10.8. The Hall–Kier alpha value is -2.41. The van der Waals surface area contributed by atoms with Crippen LogP contribution in [0.5, 0.6) is 0 Å². The van der Waals surface area contributed by atoms with E-state index in [2.05, 4.69) is 16.3 Å². The molecule has 4 rings (SSSR count). The topological polar surface area (TPSA) is 52.7 Å². The van der Waals surface area contributed by atoms with Crippen molar-refractivity contribution in [2.75, 3.05) is 22.9 Å². The number of nitrogens with zero attached hydrogens (tertiary/aromatic N) is 2. The van der Waals surface area contributed by atoms with Crippen molar-refractivity contribution in [2.24, 2.45) is 0 Å². The Balaban J connectivity index is 1.68. The maximum absolute atomic E-state index is 13.2. The highest BCUT2D eigenvalue weighted by Crippen LogP contribution is 2.30. The molecule has 0 radical (unpaired) electrons. The highest BCUT2D eigenvalue weighted by atomic mass is 35.5. The summed E-state index contributed by atoms with van der Waals surface area (Å²) in [6.45, 7) is 4.08. The predicted octanol–water partition coefficient (Wildman–Crippen LogP) is 4.73. The zero-order valence-corrected chi connectivity index (χ0v) is 18.6. The van der Waals surface area contributed by atoms with E-state index in [4.69, 9.17) is 35.4 Å². The molecular weight excluding hydrogens is 441 g/mol. The molecule has 30 heavy (non-hydrogen) atoms. The SMILES string of the molecule is Cc1cc(N2CCCC2)ccc1/C=C1\C(=O)NC(=S)N(c2ccc(Cl)c(Cl)c2)C1=O. The third-order valence-corrected chi connectivity index (χ3v) is 6.31. The number of hydrogen-bond acceptors (Lipinski definition) is 4. The number of carbonyl (C=O) groups excluding carboxylic acids is 2. The van der Waals surface area contributed by atoms with Gasteiger partial charge in [-0.05, 0) is 79.5 Å². The van der Waals surface area contributed by atoms with Crippen molar-refractivity contribution in [3.63, 3.8) is 0 Å². The first-order valence-corrected chi connectivity index (χ1v) is 10.7. The molecule has 2 aromatic carbocycles. The van der Waals surface area contributed by atoms with Gasteiger partial charge in [0.05, 0.1) is 15.7 Å². The first-order valence-electron chi connectivity index (χ1n) is 9.57. The van der Waals surface area contributed by atoms with Crippen LogP contribution < -0.4 is 15.1 Å². The van der Waals surface area contributed by atoms with Gasteiger partial charge in [-0.1, -0.05) is 29.3 Å². The Kier molecular flexibility index (Phi) is 5.82. The molecule has 2 heterocycles. The molecule has 2 saturated heterocycles. The second-order valence-corrected chi connectivity index (χ2v) is 8.49. The van der Waals surface area contributed by atoms with Gasteiger partial charge in [0.2, 0.25) is 0 Å². The fourth-order valence-electron chi connectivity index (χ4n) is 3.67. The lowest BCUT2D eigenvalue weighted by molar-refractivity contribution is -0.122. The Morgan fingerprint density at radius 1 is 1.00 bits per heavy atom. The van der Waals surface area contributed by atoms with Gasteiger partial charge in [-0.25, -0.2) is 0 Å². The van der Waals surface area contributed by atoms with Crippen LogP contribution in [0, 0.1) is 6.92 Å². The Morgan fingerprint density at radius 3 is 2.37 bits per heavy atom. The van der Waals surface area contributed by atoms with E-state index in [0.29, 0.717) is 15.7 Å². The molecule has 0 saturated carbocycles. The van der Waals surface area contributed by atoms with E-state index in [-0.39, 0.29) is 10.7 Å². The van der Waals surface area contributed by atoms with Crippen LogP contribution in [0.15, 0.2) is 42.0 Å². The van der Waals surface area contributed by atoms with Gasteiger partial charge in [0.1, 0.15) is 5.57 Å². The number of carbonyl (C=O) groups is 2. The highest BCUT2D eigenvalue weighted by Gasteiger charge is 2.34. The lowest BCUT2D eigenvalue weighted by atomic mass is 10.0. The van der Waals surface area contributed by atoms with E-state index in [0.717, 1.165) is 29.9 Å². The summed E-state index contributed by atoms with van der Waals surface area (Å²) in [4.78, 5) is 29.3. The fourth-order valence-corrected chi connectivity index (χ4v) is 4.24. The van der Waals surface area contributed by atoms with Crippen LogP contribution in [0.4, 0.5) is 11.4 Å². The smallest absolute Gasteiger partial charge is 0.270 e. The second kappa shape index (κ2) is 8.38. The van der Waals surface area contributed by atoms with E-state index < -0.39 is 11.8 Å². The predicted molar refractivity (Wildman–Crippen MR) is 125 cm³/mol. The number of anilines is 2.